The minimum atomic E-state index is 0.259. The van der Waals surface area contributed by atoms with Crippen LogP contribution in [0.1, 0.15) is 51.3 Å². The van der Waals surface area contributed by atoms with Crippen molar-refractivity contribution in [3.8, 4) is 0 Å². The number of H-pyrrole nitrogens is 1. The highest BCUT2D eigenvalue weighted by molar-refractivity contribution is 5.74. The normalized spacial score (nSPS) is 20.3. The van der Waals surface area contributed by atoms with E-state index in [4.69, 9.17) is 4.98 Å². The number of fused-ring (bicyclic) bond motifs is 1. The third kappa shape index (κ3) is 1.97. The fraction of sp³-hybridized carbons (Fsp3) is 0.533. The number of para-hydroxylation sites is 2. The highest BCUT2D eigenvalue weighted by atomic mass is 14.9. The fourth-order valence-corrected chi connectivity index (χ4v) is 2.98. The highest BCUT2D eigenvalue weighted by Gasteiger charge is 2.30. The molecule has 0 amide bonds. The number of nitrogens with one attached hydrogen (secondary N) is 1. The summed E-state index contributed by atoms with van der Waals surface area (Å²) < 4.78 is 0. The Morgan fingerprint density at radius 1 is 1.06 bits per heavy atom. The summed E-state index contributed by atoms with van der Waals surface area (Å²) in [6, 6.07) is 8.34. The van der Waals surface area contributed by atoms with Gasteiger partial charge < -0.3 is 4.98 Å². The van der Waals surface area contributed by atoms with Crippen LogP contribution in [0.15, 0.2) is 24.3 Å². The smallest absolute Gasteiger partial charge is 0.113 e. The van der Waals surface area contributed by atoms with Crippen LogP contribution in [0.3, 0.4) is 0 Å². The van der Waals surface area contributed by atoms with E-state index in [1.165, 1.54) is 49.9 Å². The molecule has 1 saturated carbocycles. The molecule has 0 spiro atoms. The average Bonchev–Trinajstić information content (AvgIpc) is 2.66. The lowest BCUT2D eigenvalue weighted by Gasteiger charge is -2.25. The van der Waals surface area contributed by atoms with Gasteiger partial charge in [-0.1, -0.05) is 44.7 Å². The second kappa shape index (κ2) is 4.17. The van der Waals surface area contributed by atoms with Crippen molar-refractivity contribution in [2.24, 2.45) is 0 Å². The molecule has 1 heterocycles. The minimum Gasteiger partial charge on any atom is -0.342 e. The summed E-state index contributed by atoms with van der Waals surface area (Å²) in [6.45, 7) is 2.37. The van der Waals surface area contributed by atoms with Crippen LogP contribution in [0.5, 0.6) is 0 Å². The molecule has 2 heteroatoms. The number of rotatable bonds is 1. The van der Waals surface area contributed by atoms with Crippen LogP contribution in [-0.2, 0) is 5.41 Å². The third-order valence-corrected chi connectivity index (χ3v) is 4.17. The third-order valence-electron chi connectivity index (χ3n) is 4.17. The second-order valence-electron chi connectivity index (χ2n) is 5.58. The first-order valence-electron chi connectivity index (χ1n) is 6.73. The molecule has 1 aliphatic rings. The maximum absolute atomic E-state index is 4.79. The van der Waals surface area contributed by atoms with E-state index in [-0.39, 0.29) is 5.41 Å². The first-order chi connectivity index (χ1) is 8.28. The Morgan fingerprint density at radius 3 is 2.47 bits per heavy atom. The summed E-state index contributed by atoms with van der Waals surface area (Å²) in [4.78, 5) is 8.32. The summed E-state index contributed by atoms with van der Waals surface area (Å²) >= 11 is 0. The number of hydrogen-bond donors (Lipinski definition) is 1. The Balaban J connectivity index is 2.01. The molecule has 0 unspecified atom stereocenters. The minimum absolute atomic E-state index is 0.259. The van der Waals surface area contributed by atoms with Gasteiger partial charge in [0.05, 0.1) is 11.0 Å². The van der Waals surface area contributed by atoms with E-state index in [2.05, 4.69) is 36.2 Å². The topological polar surface area (TPSA) is 28.7 Å². The number of benzene rings is 1. The van der Waals surface area contributed by atoms with E-state index in [0.29, 0.717) is 0 Å². The Kier molecular flexibility index (Phi) is 2.65. The van der Waals surface area contributed by atoms with Crippen molar-refractivity contribution < 1.29 is 0 Å². The van der Waals surface area contributed by atoms with Gasteiger partial charge in [0.15, 0.2) is 0 Å². The molecule has 90 valence electrons. The van der Waals surface area contributed by atoms with Gasteiger partial charge in [-0.15, -0.1) is 0 Å². The predicted octanol–water partition coefficient (Wildman–Crippen LogP) is 4.17. The van der Waals surface area contributed by atoms with E-state index < -0.39 is 0 Å². The molecule has 1 aromatic carbocycles. The maximum Gasteiger partial charge on any atom is 0.113 e. The molecular weight excluding hydrogens is 208 g/mol. The Labute approximate surface area is 102 Å². The lowest BCUT2D eigenvalue weighted by atomic mass is 9.82. The van der Waals surface area contributed by atoms with Crippen molar-refractivity contribution in [2.45, 2.75) is 50.9 Å². The monoisotopic (exact) mass is 228 g/mol. The van der Waals surface area contributed by atoms with Crippen LogP contribution in [0.2, 0.25) is 0 Å². The first kappa shape index (κ1) is 10.8. The van der Waals surface area contributed by atoms with Crippen molar-refractivity contribution in [2.75, 3.05) is 0 Å². The molecule has 0 atom stereocenters. The zero-order valence-corrected chi connectivity index (χ0v) is 10.5. The van der Waals surface area contributed by atoms with Crippen LogP contribution in [-0.4, -0.2) is 9.97 Å². The largest absolute Gasteiger partial charge is 0.342 e. The van der Waals surface area contributed by atoms with E-state index in [1.54, 1.807) is 0 Å². The first-order valence-corrected chi connectivity index (χ1v) is 6.73. The van der Waals surface area contributed by atoms with E-state index in [0.717, 1.165) is 5.52 Å². The number of imidazole rings is 1. The zero-order valence-electron chi connectivity index (χ0n) is 10.5. The molecule has 1 N–H and O–H groups in total. The van der Waals surface area contributed by atoms with E-state index in [1.807, 2.05) is 0 Å². The van der Waals surface area contributed by atoms with Crippen LogP contribution >= 0.6 is 0 Å². The van der Waals surface area contributed by atoms with E-state index >= 15 is 0 Å². The molecule has 17 heavy (non-hydrogen) atoms. The summed E-state index contributed by atoms with van der Waals surface area (Å²) in [5.74, 6) is 1.20. The molecule has 2 nitrogen and oxygen atoms in total. The van der Waals surface area contributed by atoms with Gasteiger partial charge in [0.1, 0.15) is 5.82 Å². The quantitative estimate of drug-likeness (QED) is 0.729. The molecule has 1 aliphatic carbocycles. The molecule has 2 aromatic rings. The van der Waals surface area contributed by atoms with Gasteiger partial charge in [0.2, 0.25) is 0 Å². The van der Waals surface area contributed by atoms with Crippen LogP contribution < -0.4 is 0 Å². The number of hydrogen-bond acceptors (Lipinski definition) is 1. The Bertz CT molecular complexity index is 471. The van der Waals surface area contributed by atoms with Gasteiger partial charge in [0, 0.05) is 5.41 Å². The Hall–Kier alpha value is -1.31. The molecule has 0 bridgehead atoms. The molecule has 3 rings (SSSR count). The van der Waals surface area contributed by atoms with Crippen LogP contribution in [0.4, 0.5) is 0 Å². The van der Waals surface area contributed by atoms with Crippen molar-refractivity contribution >= 4 is 11.0 Å². The lowest BCUT2D eigenvalue weighted by molar-refractivity contribution is 0.389. The van der Waals surface area contributed by atoms with Crippen molar-refractivity contribution in [1.82, 2.24) is 9.97 Å². The summed E-state index contributed by atoms with van der Waals surface area (Å²) in [5, 5.41) is 0. The molecule has 0 saturated heterocycles. The highest BCUT2D eigenvalue weighted by Crippen LogP contribution is 2.36. The molecule has 1 fully saturated rings. The second-order valence-corrected chi connectivity index (χ2v) is 5.58. The van der Waals surface area contributed by atoms with Crippen molar-refractivity contribution in [3.63, 3.8) is 0 Å². The SMILES string of the molecule is CC1(c2nc3ccccc3[nH]2)CCCCCC1. The maximum atomic E-state index is 4.79. The van der Waals surface area contributed by atoms with Gasteiger partial charge >= 0.3 is 0 Å². The van der Waals surface area contributed by atoms with Gasteiger partial charge in [-0.25, -0.2) is 4.98 Å². The molecule has 0 aliphatic heterocycles. The van der Waals surface area contributed by atoms with Crippen LogP contribution in [0.25, 0.3) is 11.0 Å². The molecule has 1 aromatic heterocycles. The van der Waals surface area contributed by atoms with Gasteiger partial charge in [-0.05, 0) is 25.0 Å². The molecule has 0 radical (unpaired) electrons. The van der Waals surface area contributed by atoms with Crippen LogP contribution in [0, 0.1) is 0 Å². The Morgan fingerprint density at radius 2 is 1.76 bits per heavy atom. The molecular formula is C15H20N2. The summed E-state index contributed by atoms with van der Waals surface area (Å²) in [5.41, 5.74) is 2.54. The zero-order chi connectivity index (χ0) is 11.7. The predicted molar refractivity (Wildman–Crippen MR) is 71.1 cm³/mol. The summed E-state index contributed by atoms with van der Waals surface area (Å²) in [7, 11) is 0. The average molecular weight is 228 g/mol. The number of aromatic amines is 1. The standard InChI is InChI=1S/C15H20N2/c1-15(10-6-2-3-7-11-15)14-16-12-8-4-5-9-13(12)17-14/h4-5,8-9H,2-3,6-7,10-11H2,1H3,(H,16,17). The number of aromatic nitrogens is 2. The summed E-state index contributed by atoms with van der Waals surface area (Å²) in [6.07, 6.45) is 7.99. The lowest BCUT2D eigenvalue weighted by Crippen LogP contribution is -2.22. The number of nitrogens with zero attached hydrogens (tertiary/aromatic N) is 1. The van der Waals surface area contributed by atoms with Crippen molar-refractivity contribution in [1.29, 1.82) is 0 Å². The fourth-order valence-electron chi connectivity index (χ4n) is 2.98. The van der Waals surface area contributed by atoms with E-state index in [9.17, 15) is 0 Å². The van der Waals surface area contributed by atoms with Gasteiger partial charge in [-0.3, -0.25) is 0 Å². The van der Waals surface area contributed by atoms with Gasteiger partial charge in [-0.2, -0.15) is 0 Å². The van der Waals surface area contributed by atoms with Gasteiger partial charge in [0.25, 0.3) is 0 Å². The van der Waals surface area contributed by atoms with Crippen molar-refractivity contribution in [3.05, 3.63) is 30.1 Å².